The second-order valence-corrected chi connectivity index (χ2v) is 6.21. The van der Waals surface area contributed by atoms with E-state index >= 15 is 0 Å². The second kappa shape index (κ2) is 8.34. The molecule has 0 saturated carbocycles. The number of ether oxygens (including phenoxy) is 2. The number of hydrogen-bond donors (Lipinski definition) is 2. The molecule has 1 amide bonds. The van der Waals surface area contributed by atoms with Crippen LogP contribution in [-0.2, 0) is 9.53 Å². The Hall–Kier alpha value is -2.08. The van der Waals surface area contributed by atoms with Crippen molar-refractivity contribution in [1.29, 1.82) is 0 Å². The van der Waals surface area contributed by atoms with Crippen LogP contribution in [0.25, 0.3) is 0 Å². The minimum atomic E-state index is -0.510. The lowest BCUT2D eigenvalue weighted by Gasteiger charge is -2.27. The number of amides is 1. The average Bonchev–Trinajstić information content (AvgIpc) is 2.67. The number of nitrogens with one attached hydrogen (secondary N) is 2. The molecule has 6 heteroatoms. The number of halogens is 1. The van der Waals surface area contributed by atoms with E-state index in [0.29, 0.717) is 18.2 Å². The molecule has 0 aromatic heterocycles. The van der Waals surface area contributed by atoms with Crippen LogP contribution in [-0.4, -0.2) is 38.8 Å². The van der Waals surface area contributed by atoms with Crippen molar-refractivity contribution in [2.45, 2.75) is 12.1 Å². The largest absolute Gasteiger partial charge is 0.497 e. The molecule has 0 bridgehead atoms. The lowest BCUT2D eigenvalue weighted by molar-refractivity contribution is -0.134. The molecule has 1 aliphatic heterocycles. The predicted molar refractivity (Wildman–Crippen MR) is 97.0 cm³/mol. The third-order valence-electron chi connectivity index (χ3n) is 4.15. The van der Waals surface area contributed by atoms with E-state index in [9.17, 15) is 4.79 Å². The monoisotopic (exact) mass is 360 g/mol. The van der Waals surface area contributed by atoms with Crippen LogP contribution in [0, 0.1) is 0 Å². The maximum absolute atomic E-state index is 12.7. The van der Waals surface area contributed by atoms with Gasteiger partial charge in [-0.2, -0.15) is 0 Å². The van der Waals surface area contributed by atoms with E-state index in [-0.39, 0.29) is 11.9 Å². The summed E-state index contributed by atoms with van der Waals surface area (Å²) in [5.41, 5.74) is 1.72. The molecule has 0 spiro atoms. The Bertz CT molecular complexity index is 732. The van der Waals surface area contributed by atoms with Crippen molar-refractivity contribution in [1.82, 2.24) is 10.6 Å². The van der Waals surface area contributed by atoms with Gasteiger partial charge in [-0.05, 0) is 29.3 Å². The Morgan fingerprint density at radius 1 is 1.32 bits per heavy atom. The third kappa shape index (κ3) is 4.31. The topological polar surface area (TPSA) is 59.6 Å². The summed E-state index contributed by atoms with van der Waals surface area (Å²) in [6.07, 6.45) is -0.510. The van der Waals surface area contributed by atoms with Gasteiger partial charge in [-0.25, -0.2) is 0 Å². The molecule has 132 valence electrons. The average molecular weight is 361 g/mol. The molecular weight excluding hydrogens is 340 g/mol. The van der Waals surface area contributed by atoms with Crippen molar-refractivity contribution in [2.75, 3.05) is 26.8 Å². The molecule has 2 unspecified atom stereocenters. The van der Waals surface area contributed by atoms with Crippen LogP contribution in [0.2, 0.25) is 5.02 Å². The van der Waals surface area contributed by atoms with Crippen molar-refractivity contribution in [3.05, 3.63) is 64.7 Å². The van der Waals surface area contributed by atoms with Gasteiger partial charge in [0.25, 0.3) is 5.91 Å². The molecule has 2 aromatic rings. The summed E-state index contributed by atoms with van der Waals surface area (Å²) in [5.74, 6) is 0.555. The minimum absolute atomic E-state index is 0.167. The second-order valence-electron chi connectivity index (χ2n) is 5.80. The van der Waals surface area contributed by atoms with Crippen molar-refractivity contribution >= 4 is 17.5 Å². The summed E-state index contributed by atoms with van der Waals surface area (Å²) >= 11 is 6.39. The van der Waals surface area contributed by atoms with Gasteiger partial charge in [-0.3, -0.25) is 4.79 Å². The van der Waals surface area contributed by atoms with Gasteiger partial charge in [-0.15, -0.1) is 0 Å². The molecule has 2 N–H and O–H groups in total. The van der Waals surface area contributed by atoms with Crippen molar-refractivity contribution in [3.63, 3.8) is 0 Å². The molecule has 1 aliphatic rings. The Kier molecular flexibility index (Phi) is 5.91. The maximum atomic E-state index is 12.7. The first-order chi connectivity index (χ1) is 12.2. The fourth-order valence-corrected chi connectivity index (χ4v) is 3.08. The minimum Gasteiger partial charge on any atom is -0.497 e. The van der Waals surface area contributed by atoms with E-state index in [1.54, 1.807) is 7.11 Å². The molecule has 1 fully saturated rings. The summed E-state index contributed by atoms with van der Waals surface area (Å²) in [6.45, 7) is 1.78. The molecular formula is C19H21ClN2O3. The summed E-state index contributed by atoms with van der Waals surface area (Å²) in [4.78, 5) is 12.7. The van der Waals surface area contributed by atoms with Crippen molar-refractivity contribution < 1.29 is 14.3 Å². The number of benzene rings is 2. The van der Waals surface area contributed by atoms with Crippen molar-refractivity contribution in [3.8, 4) is 5.75 Å². The number of methoxy groups -OCH3 is 1. The maximum Gasteiger partial charge on any atom is 0.251 e. The molecule has 2 atom stereocenters. The molecule has 0 radical (unpaired) electrons. The van der Waals surface area contributed by atoms with Gasteiger partial charge in [0.15, 0.2) is 0 Å². The Labute approximate surface area is 152 Å². The SMILES string of the molecule is COc1cccc(C(NC(=O)C2CNCCO2)c2ccccc2Cl)c1. The lowest BCUT2D eigenvalue weighted by Crippen LogP contribution is -2.48. The molecule has 25 heavy (non-hydrogen) atoms. The fraction of sp³-hybridized carbons (Fsp3) is 0.316. The number of carbonyl (C=O) groups is 1. The van der Waals surface area contributed by atoms with Crippen LogP contribution in [0.5, 0.6) is 5.75 Å². The Balaban J connectivity index is 1.91. The highest BCUT2D eigenvalue weighted by Gasteiger charge is 2.26. The first-order valence-corrected chi connectivity index (χ1v) is 8.58. The molecule has 2 aromatic carbocycles. The lowest BCUT2D eigenvalue weighted by atomic mass is 9.98. The summed E-state index contributed by atoms with van der Waals surface area (Å²) in [6, 6.07) is 14.7. The first kappa shape index (κ1) is 17.7. The quantitative estimate of drug-likeness (QED) is 0.860. The van der Waals surface area contributed by atoms with Crippen LogP contribution in [0.4, 0.5) is 0 Å². The third-order valence-corrected chi connectivity index (χ3v) is 4.49. The highest BCUT2D eigenvalue weighted by molar-refractivity contribution is 6.31. The van der Waals surface area contributed by atoms with Gasteiger partial charge >= 0.3 is 0 Å². The smallest absolute Gasteiger partial charge is 0.251 e. The Morgan fingerprint density at radius 2 is 2.16 bits per heavy atom. The van der Waals surface area contributed by atoms with E-state index < -0.39 is 6.10 Å². The van der Waals surface area contributed by atoms with Gasteiger partial charge < -0.3 is 20.1 Å². The molecule has 3 rings (SSSR count). The summed E-state index contributed by atoms with van der Waals surface area (Å²) in [7, 11) is 1.61. The number of carbonyl (C=O) groups excluding carboxylic acids is 1. The summed E-state index contributed by atoms with van der Waals surface area (Å²) in [5, 5.41) is 6.83. The van der Waals surface area contributed by atoms with Gasteiger partial charge in [0, 0.05) is 18.1 Å². The zero-order chi connectivity index (χ0) is 17.6. The van der Waals surface area contributed by atoms with E-state index in [1.807, 2.05) is 48.5 Å². The number of hydrogen-bond acceptors (Lipinski definition) is 4. The van der Waals surface area contributed by atoms with Crippen LogP contribution in [0.15, 0.2) is 48.5 Å². The van der Waals surface area contributed by atoms with Gasteiger partial charge in [0.2, 0.25) is 0 Å². The first-order valence-electron chi connectivity index (χ1n) is 8.20. The van der Waals surface area contributed by atoms with Crippen LogP contribution < -0.4 is 15.4 Å². The highest BCUT2D eigenvalue weighted by Crippen LogP contribution is 2.30. The molecule has 5 nitrogen and oxygen atoms in total. The normalized spacial score (nSPS) is 18.4. The molecule has 1 heterocycles. The number of morpholine rings is 1. The van der Waals surface area contributed by atoms with Crippen LogP contribution in [0.3, 0.4) is 0 Å². The van der Waals surface area contributed by atoms with Gasteiger partial charge in [-0.1, -0.05) is 41.9 Å². The zero-order valence-electron chi connectivity index (χ0n) is 14.0. The molecule has 1 saturated heterocycles. The Morgan fingerprint density at radius 3 is 2.88 bits per heavy atom. The fourth-order valence-electron chi connectivity index (χ4n) is 2.84. The van der Waals surface area contributed by atoms with Crippen molar-refractivity contribution in [2.24, 2.45) is 0 Å². The standard InChI is InChI=1S/C19H21ClN2O3/c1-24-14-6-4-5-13(11-14)18(15-7-2-3-8-16(15)20)22-19(23)17-12-21-9-10-25-17/h2-8,11,17-18,21H,9-10,12H2,1H3,(H,22,23). The van der Waals surface area contributed by atoms with Gasteiger partial charge in [0.05, 0.1) is 19.8 Å². The number of rotatable bonds is 5. The summed E-state index contributed by atoms with van der Waals surface area (Å²) < 4.78 is 10.9. The predicted octanol–water partition coefficient (Wildman–Crippen LogP) is 2.54. The van der Waals surface area contributed by atoms with Crippen LogP contribution in [0.1, 0.15) is 17.2 Å². The highest BCUT2D eigenvalue weighted by atomic mass is 35.5. The molecule has 0 aliphatic carbocycles. The van der Waals surface area contributed by atoms with Crippen LogP contribution >= 0.6 is 11.6 Å². The van der Waals surface area contributed by atoms with E-state index in [0.717, 1.165) is 23.4 Å². The zero-order valence-corrected chi connectivity index (χ0v) is 14.8. The van der Waals surface area contributed by atoms with E-state index in [2.05, 4.69) is 10.6 Å². The van der Waals surface area contributed by atoms with E-state index in [4.69, 9.17) is 21.1 Å². The van der Waals surface area contributed by atoms with E-state index in [1.165, 1.54) is 0 Å². The van der Waals surface area contributed by atoms with Gasteiger partial charge in [0.1, 0.15) is 11.9 Å².